The van der Waals surface area contributed by atoms with Crippen LogP contribution in [0.3, 0.4) is 0 Å². The summed E-state index contributed by atoms with van der Waals surface area (Å²) in [5, 5.41) is 8.00. The summed E-state index contributed by atoms with van der Waals surface area (Å²) in [7, 11) is -3.80. The first-order valence-electron chi connectivity index (χ1n) is 7.85. The lowest BCUT2D eigenvalue weighted by atomic mass is 10.1. The normalized spacial score (nSPS) is 11.7. The maximum absolute atomic E-state index is 12.3. The number of sulfonamides is 1. The van der Waals surface area contributed by atoms with Gasteiger partial charge in [-0.1, -0.05) is 13.8 Å². The van der Waals surface area contributed by atoms with E-state index in [9.17, 15) is 13.2 Å². The SMILES string of the molecule is CCCN(CCC)CC(=O)Nc1cc(S(N)(=O)=O)cc(C)c1C. The van der Waals surface area contributed by atoms with Crippen LogP contribution >= 0.6 is 0 Å². The number of rotatable bonds is 8. The van der Waals surface area contributed by atoms with Crippen LogP contribution < -0.4 is 10.5 Å². The van der Waals surface area contributed by atoms with E-state index < -0.39 is 10.0 Å². The van der Waals surface area contributed by atoms with E-state index in [1.807, 2.05) is 6.92 Å². The van der Waals surface area contributed by atoms with Crippen LogP contribution in [0.25, 0.3) is 0 Å². The molecule has 0 aromatic heterocycles. The smallest absolute Gasteiger partial charge is 0.238 e. The molecule has 7 heteroatoms. The summed E-state index contributed by atoms with van der Waals surface area (Å²) < 4.78 is 23.1. The molecule has 0 spiro atoms. The van der Waals surface area contributed by atoms with Crippen LogP contribution in [-0.4, -0.2) is 38.9 Å². The number of hydrogen-bond donors (Lipinski definition) is 2. The van der Waals surface area contributed by atoms with Crippen LogP contribution in [0.1, 0.15) is 37.8 Å². The minimum atomic E-state index is -3.80. The third-order valence-electron chi connectivity index (χ3n) is 3.69. The molecular formula is C16H27N3O3S. The Morgan fingerprint density at radius 3 is 2.22 bits per heavy atom. The van der Waals surface area contributed by atoms with Gasteiger partial charge in [0.05, 0.1) is 11.4 Å². The number of amides is 1. The van der Waals surface area contributed by atoms with Crippen LogP contribution in [0.2, 0.25) is 0 Å². The summed E-state index contributed by atoms with van der Waals surface area (Å²) in [6, 6.07) is 2.93. The summed E-state index contributed by atoms with van der Waals surface area (Å²) in [6.07, 6.45) is 1.96. The van der Waals surface area contributed by atoms with Crippen LogP contribution in [0.4, 0.5) is 5.69 Å². The van der Waals surface area contributed by atoms with Crippen molar-refractivity contribution in [2.24, 2.45) is 5.14 Å². The highest BCUT2D eigenvalue weighted by Gasteiger charge is 2.15. The topological polar surface area (TPSA) is 92.5 Å². The second-order valence-corrected chi connectivity index (χ2v) is 7.34. The Kier molecular flexibility index (Phi) is 7.18. The van der Waals surface area contributed by atoms with E-state index in [0.717, 1.165) is 37.1 Å². The number of carbonyl (C=O) groups excluding carboxylic acids is 1. The zero-order chi connectivity index (χ0) is 17.6. The Labute approximate surface area is 139 Å². The molecule has 3 N–H and O–H groups in total. The fourth-order valence-electron chi connectivity index (χ4n) is 2.42. The molecule has 0 heterocycles. The van der Waals surface area contributed by atoms with Crippen molar-refractivity contribution < 1.29 is 13.2 Å². The quantitative estimate of drug-likeness (QED) is 0.756. The molecule has 0 saturated carbocycles. The first-order chi connectivity index (χ1) is 10.7. The number of carbonyl (C=O) groups is 1. The second kappa shape index (κ2) is 8.42. The van der Waals surface area contributed by atoms with Crippen molar-refractivity contribution in [3.63, 3.8) is 0 Å². The number of nitrogens with zero attached hydrogens (tertiary/aromatic N) is 1. The molecule has 1 aromatic carbocycles. The van der Waals surface area contributed by atoms with E-state index in [1.54, 1.807) is 6.92 Å². The number of aryl methyl sites for hydroxylation is 1. The highest BCUT2D eigenvalue weighted by Crippen LogP contribution is 2.23. The lowest BCUT2D eigenvalue weighted by Gasteiger charge is -2.21. The van der Waals surface area contributed by atoms with Crippen LogP contribution in [0.15, 0.2) is 17.0 Å². The van der Waals surface area contributed by atoms with Gasteiger partial charge in [0.15, 0.2) is 0 Å². The van der Waals surface area contributed by atoms with Gasteiger partial charge in [0.1, 0.15) is 0 Å². The van der Waals surface area contributed by atoms with Gasteiger partial charge in [0.2, 0.25) is 15.9 Å². The van der Waals surface area contributed by atoms with E-state index in [-0.39, 0.29) is 10.8 Å². The van der Waals surface area contributed by atoms with Crippen LogP contribution in [0.5, 0.6) is 0 Å². The largest absolute Gasteiger partial charge is 0.325 e. The molecule has 0 saturated heterocycles. The van der Waals surface area contributed by atoms with Gasteiger partial charge in [0.25, 0.3) is 0 Å². The molecule has 1 rings (SSSR count). The summed E-state index contributed by atoms with van der Waals surface area (Å²) in [5.74, 6) is -0.152. The predicted octanol–water partition coefficient (Wildman–Crippen LogP) is 2.01. The minimum absolute atomic E-state index is 0.00914. The maximum Gasteiger partial charge on any atom is 0.238 e. The lowest BCUT2D eigenvalue weighted by Crippen LogP contribution is -2.34. The standard InChI is InChI=1S/C16H27N3O3S/c1-5-7-19(8-6-2)11-16(20)18-15-10-14(23(17,21)22)9-12(3)13(15)4/h9-10H,5-8,11H2,1-4H3,(H,18,20)(H2,17,21,22). The van der Waals surface area contributed by atoms with Crippen LogP contribution in [-0.2, 0) is 14.8 Å². The zero-order valence-corrected chi connectivity index (χ0v) is 15.2. The number of anilines is 1. The molecule has 1 amide bonds. The Hall–Kier alpha value is -1.44. The molecule has 0 radical (unpaired) electrons. The van der Waals surface area contributed by atoms with E-state index >= 15 is 0 Å². The maximum atomic E-state index is 12.3. The van der Waals surface area contributed by atoms with Crippen molar-refractivity contribution in [1.82, 2.24) is 4.90 Å². The summed E-state index contributed by atoms with van der Waals surface area (Å²) in [4.78, 5) is 14.4. The van der Waals surface area contributed by atoms with Crippen molar-refractivity contribution in [1.29, 1.82) is 0 Å². The lowest BCUT2D eigenvalue weighted by molar-refractivity contribution is -0.117. The minimum Gasteiger partial charge on any atom is -0.325 e. The first-order valence-corrected chi connectivity index (χ1v) is 9.39. The molecule has 0 fully saturated rings. The molecule has 1 aromatic rings. The number of hydrogen-bond acceptors (Lipinski definition) is 4. The number of benzene rings is 1. The third kappa shape index (κ3) is 5.93. The van der Waals surface area contributed by atoms with Gasteiger partial charge >= 0.3 is 0 Å². The van der Waals surface area contributed by atoms with Gasteiger partial charge in [-0.05, 0) is 63.0 Å². The summed E-state index contributed by atoms with van der Waals surface area (Å²) in [6.45, 7) is 9.79. The molecule has 23 heavy (non-hydrogen) atoms. The van der Waals surface area contributed by atoms with Gasteiger partial charge in [-0.2, -0.15) is 0 Å². The molecule has 0 aliphatic carbocycles. The monoisotopic (exact) mass is 341 g/mol. The average Bonchev–Trinajstić information content (AvgIpc) is 2.43. The summed E-state index contributed by atoms with van der Waals surface area (Å²) in [5.41, 5.74) is 2.10. The number of primary sulfonamides is 1. The van der Waals surface area contributed by atoms with Gasteiger partial charge in [0, 0.05) is 5.69 Å². The molecular weight excluding hydrogens is 314 g/mol. The summed E-state index contributed by atoms with van der Waals surface area (Å²) >= 11 is 0. The predicted molar refractivity (Wildman–Crippen MR) is 92.9 cm³/mol. The van der Waals surface area contributed by atoms with Crippen molar-refractivity contribution in [3.8, 4) is 0 Å². The van der Waals surface area contributed by atoms with E-state index in [4.69, 9.17) is 5.14 Å². The fraction of sp³-hybridized carbons (Fsp3) is 0.562. The van der Waals surface area contributed by atoms with E-state index in [2.05, 4.69) is 24.1 Å². The van der Waals surface area contributed by atoms with Crippen molar-refractivity contribution in [2.45, 2.75) is 45.4 Å². The molecule has 130 valence electrons. The first kappa shape index (κ1) is 19.6. The zero-order valence-electron chi connectivity index (χ0n) is 14.3. The molecule has 0 aliphatic heterocycles. The van der Waals surface area contributed by atoms with Crippen LogP contribution in [0, 0.1) is 13.8 Å². The molecule has 6 nitrogen and oxygen atoms in total. The highest BCUT2D eigenvalue weighted by molar-refractivity contribution is 7.89. The van der Waals surface area contributed by atoms with Gasteiger partial charge in [-0.15, -0.1) is 0 Å². The van der Waals surface area contributed by atoms with Gasteiger partial charge in [-0.25, -0.2) is 13.6 Å². The molecule has 0 aliphatic rings. The van der Waals surface area contributed by atoms with Crippen molar-refractivity contribution in [2.75, 3.05) is 25.0 Å². The fourth-order valence-corrected chi connectivity index (χ4v) is 3.04. The van der Waals surface area contributed by atoms with Gasteiger partial charge < -0.3 is 5.32 Å². The Bertz CT molecular complexity index is 651. The van der Waals surface area contributed by atoms with E-state index in [1.165, 1.54) is 12.1 Å². The molecule has 0 atom stereocenters. The number of nitrogens with two attached hydrogens (primary N) is 1. The molecule has 0 unspecified atom stereocenters. The third-order valence-corrected chi connectivity index (χ3v) is 4.58. The van der Waals surface area contributed by atoms with Crippen molar-refractivity contribution >= 4 is 21.6 Å². The van der Waals surface area contributed by atoms with Crippen molar-refractivity contribution in [3.05, 3.63) is 23.3 Å². The van der Waals surface area contributed by atoms with Gasteiger partial charge in [-0.3, -0.25) is 9.69 Å². The second-order valence-electron chi connectivity index (χ2n) is 5.78. The average molecular weight is 341 g/mol. The Morgan fingerprint density at radius 1 is 1.17 bits per heavy atom. The Balaban J connectivity index is 2.95. The highest BCUT2D eigenvalue weighted by atomic mass is 32.2. The molecule has 0 bridgehead atoms. The Morgan fingerprint density at radius 2 is 1.74 bits per heavy atom. The van der Waals surface area contributed by atoms with E-state index in [0.29, 0.717) is 12.2 Å². The number of nitrogens with one attached hydrogen (secondary N) is 1.